The molecule has 0 atom stereocenters. The Balaban J connectivity index is 2.06. The highest BCUT2D eigenvalue weighted by Crippen LogP contribution is 2.27. The van der Waals surface area contributed by atoms with E-state index in [9.17, 15) is 8.42 Å². The molecule has 1 saturated carbocycles. The molecule has 1 aliphatic carbocycles. The quantitative estimate of drug-likeness (QED) is 0.906. The van der Waals surface area contributed by atoms with Crippen molar-refractivity contribution in [3.05, 3.63) is 10.7 Å². The van der Waals surface area contributed by atoms with Crippen molar-refractivity contribution in [2.75, 3.05) is 0 Å². The van der Waals surface area contributed by atoms with Crippen LogP contribution in [-0.4, -0.2) is 29.1 Å². The fourth-order valence-electron chi connectivity index (χ4n) is 2.84. The number of hydrogen-bond donors (Lipinski definition) is 1. The molecule has 8 heteroatoms. The van der Waals surface area contributed by atoms with Gasteiger partial charge in [-0.3, -0.25) is 0 Å². The van der Waals surface area contributed by atoms with Gasteiger partial charge in [-0.15, -0.1) is 0 Å². The van der Waals surface area contributed by atoms with Crippen LogP contribution in [0.4, 0.5) is 0 Å². The molecule has 0 saturated heterocycles. The molecule has 6 nitrogen and oxygen atoms in total. The van der Waals surface area contributed by atoms with Crippen LogP contribution in [0.25, 0.3) is 4.96 Å². The van der Waals surface area contributed by atoms with E-state index >= 15 is 0 Å². The molecule has 0 aromatic carbocycles. The summed E-state index contributed by atoms with van der Waals surface area (Å²) in [4.78, 5) is 5.13. The maximum atomic E-state index is 12.8. The van der Waals surface area contributed by atoms with E-state index < -0.39 is 10.0 Å². The summed E-state index contributed by atoms with van der Waals surface area (Å²) < 4.78 is 30.0. The Bertz CT molecular complexity index is 770. The van der Waals surface area contributed by atoms with E-state index in [0.717, 1.165) is 30.7 Å². The first-order chi connectivity index (χ1) is 10.4. The molecule has 0 radical (unpaired) electrons. The molecule has 0 amide bonds. The number of sulfonamides is 1. The van der Waals surface area contributed by atoms with Gasteiger partial charge < -0.3 is 0 Å². The normalized spacial score (nSPS) is 17.1. The number of aromatic nitrogens is 3. The van der Waals surface area contributed by atoms with Crippen molar-refractivity contribution in [2.45, 2.75) is 69.9 Å². The minimum atomic E-state index is -3.59. The lowest BCUT2D eigenvalue weighted by Gasteiger charge is -2.12. The molecule has 1 N–H and O–H groups in total. The Hall–Kier alpha value is -0.990. The second kappa shape index (κ2) is 5.90. The van der Waals surface area contributed by atoms with Gasteiger partial charge in [-0.25, -0.2) is 18.1 Å². The second-order valence-corrected chi connectivity index (χ2v) is 8.73. The predicted octanol–water partition coefficient (Wildman–Crippen LogP) is 2.70. The van der Waals surface area contributed by atoms with Crippen molar-refractivity contribution in [3.63, 3.8) is 0 Å². The first kappa shape index (κ1) is 15.9. The van der Waals surface area contributed by atoms with Crippen LogP contribution in [0.15, 0.2) is 5.03 Å². The summed E-state index contributed by atoms with van der Waals surface area (Å²) in [6, 6.07) is 0.0449. The zero-order valence-electron chi connectivity index (χ0n) is 13.2. The Kier molecular flexibility index (Phi) is 4.26. The van der Waals surface area contributed by atoms with Crippen LogP contribution in [0, 0.1) is 0 Å². The van der Waals surface area contributed by atoms with Gasteiger partial charge in [0.15, 0.2) is 5.03 Å². The van der Waals surface area contributed by atoms with Gasteiger partial charge in [-0.2, -0.15) is 9.61 Å². The Labute approximate surface area is 135 Å². The molecule has 2 heterocycles. The van der Waals surface area contributed by atoms with Crippen LogP contribution in [0.1, 0.15) is 63.1 Å². The fraction of sp³-hybridized carbons (Fsp3) is 0.714. The van der Waals surface area contributed by atoms with Crippen molar-refractivity contribution in [2.24, 2.45) is 0 Å². The molecule has 0 bridgehead atoms. The molecule has 3 rings (SSSR count). The largest absolute Gasteiger partial charge is 0.260 e. The van der Waals surface area contributed by atoms with Crippen molar-refractivity contribution in [1.82, 2.24) is 19.3 Å². The van der Waals surface area contributed by atoms with E-state index in [2.05, 4.69) is 14.8 Å². The Morgan fingerprint density at radius 1 is 1.36 bits per heavy atom. The standard InChI is InChI=1S/C14H22N4O2S2/c1-4-11-13(22(19,20)17-10-7-5-6-8-10)18-14(15-11)21-12(16-18)9(2)3/h9-10,17H,4-8H2,1-3H3. The van der Waals surface area contributed by atoms with E-state index in [-0.39, 0.29) is 17.0 Å². The van der Waals surface area contributed by atoms with Crippen molar-refractivity contribution < 1.29 is 8.42 Å². The van der Waals surface area contributed by atoms with Gasteiger partial charge in [0.25, 0.3) is 10.0 Å². The summed E-state index contributed by atoms with van der Waals surface area (Å²) in [5.41, 5.74) is 0.597. The van der Waals surface area contributed by atoms with Crippen LogP contribution in [0.3, 0.4) is 0 Å². The number of nitrogens with zero attached hydrogens (tertiary/aromatic N) is 3. The highest BCUT2D eigenvalue weighted by atomic mass is 32.2. The van der Waals surface area contributed by atoms with Crippen LogP contribution in [0.2, 0.25) is 0 Å². The highest BCUT2D eigenvalue weighted by Gasteiger charge is 2.30. The Morgan fingerprint density at radius 3 is 2.64 bits per heavy atom. The fourth-order valence-corrected chi connectivity index (χ4v) is 5.46. The zero-order valence-corrected chi connectivity index (χ0v) is 14.8. The van der Waals surface area contributed by atoms with E-state index in [0.29, 0.717) is 17.1 Å². The predicted molar refractivity (Wildman–Crippen MR) is 86.9 cm³/mol. The maximum Gasteiger partial charge on any atom is 0.260 e. The maximum absolute atomic E-state index is 12.8. The molecular weight excluding hydrogens is 320 g/mol. The number of hydrogen-bond acceptors (Lipinski definition) is 5. The van der Waals surface area contributed by atoms with Gasteiger partial charge in [-0.1, -0.05) is 44.9 Å². The Morgan fingerprint density at radius 2 is 2.05 bits per heavy atom. The molecule has 1 aliphatic rings. The number of imidazole rings is 1. The molecule has 122 valence electrons. The third-order valence-corrected chi connectivity index (χ3v) is 6.78. The average Bonchev–Trinajstić information content (AvgIpc) is 3.10. The first-order valence-electron chi connectivity index (χ1n) is 7.83. The molecule has 0 unspecified atom stereocenters. The van der Waals surface area contributed by atoms with E-state index in [1.807, 2.05) is 20.8 Å². The molecular formula is C14H22N4O2S2. The first-order valence-corrected chi connectivity index (χ1v) is 10.1. The van der Waals surface area contributed by atoms with E-state index in [1.54, 1.807) is 0 Å². The summed E-state index contributed by atoms with van der Waals surface area (Å²) in [6.07, 6.45) is 4.58. The average molecular weight is 342 g/mol. The SMILES string of the molecule is CCc1nc2sc(C(C)C)nn2c1S(=O)(=O)NC1CCCC1. The summed E-state index contributed by atoms with van der Waals surface area (Å²) in [5.74, 6) is 0.259. The summed E-state index contributed by atoms with van der Waals surface area (Å²) >= 11 is 1.46. The summed E-state index contributed by atoms with van der Waals surface area (Å²) in [5, 5.41) is 5.60. The third kappa shape index (κ3) is 2.79. The topological polar surface area (TPSA) is 76.4 Å². The van der Waals surface area contributed by atoms with Crippen LogP contribution in [0.5, 0.6) is 0 Å². The highest BCUT2D eigenvalue weighted by molar-refractivity contribution is 7.89. The number of fused-ring (bicyclic) bond motifs is 1. The van der Waals surface area contributed by atoms with Crippen LogP contribution >= 0.6 is 11.3 Å². The van der Waals surface area contributed by atoms with Gasteiger partial charge >= 0.3 is 0 Å². The van der Waals surface area contributed by atoms with Gasteiger partial charge in [0, 0.05) is 12.0 Å². The monoisotopic (exact) mass is 342 g/mol. The number of nitrogens with one attached hydrogen (secondary N) is 1. The lowest BCUT2D eigenvalue weighted by atomic mass is 10.2. The third-order valence-electron chi connectivity index (χ3n) is 4.01. The van der Waals surface area contributed by atoms with Gasteiger partial charge in [0.05, 0.1) is 5.69 Å². The van der Waals surface area contributed by atoms with Crippen molar-refractivity contribution in [1.29, 1.82) is 0 Å². The molecule has 2 aromatic heterocycles. The minimum Gasteiger partial charge on any atom is -0.221 e. The minimum absolute atomic E-state index is 0.0449. The van der Waals surface area contributed by atoms with Crippen LogP contribution in [-0.2, 0) is 16.4 Å². The summed E-state index contributed by atoms with van der Waals surface area (Å²) in [7, 11) is -3.59. The molecule has 1 fully saturated rings. The number of rotatable bonds is 5. The van der Waals surface area contributed by atoms with Gasteiger partial charge in [-0.05, 0) is 19.3 Å². The van der Waals surface area contributed by atoms with E-state index in [1.165, 1.54) is 15.9 Å². The molecule has 2 aromatic rings. The zero-order chi connectivity index (χ0) is 15.9. The summed E-state index contributed by atoms with van der Waals surface area (Å²) in [6.45, 7) is 6.01. The van der Waals surface area contributed by atoms with Crippen molar-refractivity contribution in [3.8, 4) is 0 Å². The smallest absolute Gasteiger partial charge is 0.221 e. The second-order valence-electron chi connectivity index (χ2n) is 6.11. The molecule has 22 heavy (non-hydrogen) atoms. The van der Waals surface area contributed by atoms with Gasteiger partial charge in [0.1, 0.15) is 5.01 Å². The molecule has 0 aliphatic heterocycles. The lowest BCUT2D eigenvalue weighted by Crippen LogP contribution is -2.34. The number of aryl methyl sites for hydroxylation is 1. The van der Waals surface area contributed by atoms with E-state index in [4.69, 9.17) is 0 Å². The van der Waals surface area contributed by atoms with Gasteiger partial charge in [0.2, 0.25) is 4.96 Å². The molecule has 0 spiro atoms. The van der Waals surface area contributed by atoms with Crippen LogP contribution < -0.4 is 4.72 Å². The lowest BCUT2D eigenvalue weighted by molar-refractivity contribution is 0.543. The van der Waals surface area contributed by atoms with Crippen molar-refractivity contribution >= 4 is 26.3 Å².